The first kappa shape index (κ1) is 17.5. The van der Waals surface area contributed by atoms with Crippen molar-refractivity contribution < 1.29 is 29.3 Å². The molecule has 0 saturated carbocycles. The summed E-state index contributed by atoms with van der Waals surface area (Å²) in [7, 11) is -3.00. The van der Waals surface area contributed by atoms with E-state index in [1.807, 2.05) is 0 Å². The van der Waals surface area contributed by atoms with Gasteiger partial charge in [-0.15, -0.1) is 0 Å². The van der Waals surface area contributed by atoms with Crippen molar-refractivity contribution in [1.82, 2.24) is 4.90 Å². The molecule has 0 aromatic carbocycles. The van der Waals surface area contributed by atoms with Gasteiger partial charge in [0, 0.05) is 13.2 Å². The molecule has 4 N–H and O–H groups in total. The Balaban J connectivity index is 2.14. The lowest BCUT2D eigenvalue weighted by atomic mass is 10.2. The predicted octanol–water partition coefficient (Wildman–Crippen LogP) is -0.640. The average Bonchev–Trinajstić information content (AvgIpc) is 2.75. The van der Waals surface area contributed by atoms with Gasteiger partial charge >= 0.3 is 14.5 Å². The minimum Gasteiger partial charge on any atom is -0.480 e. The second-order valence-electron chi connectivity index (χ2n) is 5.54. The van der Waals surface area contributed by atoms with E-state index in [9.17, 15) is 19.5 Å². The maximum Gasteiger partial charge on any atom is 0.329 e. The quantitative estimate of drug-likeness (QED) is 0.331. The first-order chi connectivity index (χ1) is 9.29. The van der Waals surface area contributed by atoms with Gasteiger partial charge in [0.25, 0.3) is 0 Å². The van der Waals surface area contributed by atoms with Crippen LogP contribution in [0.1, 0.15) is 19.3 Å². The van der Waals surface area contributed by atoms with Crippen molar-refractivity contribution in [2.75, 3.05) is 26.3 Å². The van der Waals surface area contributed by atoms with E-state index >= 15 is 0 Å². The molecular formula is C12H25NO6Si. The molecule has 1 saturated heterocycles. The van der Waals surface area contributed by atoms with Gasteiger partial charge < -0.3 is 24.5 Å². The molecule has 1 fully saturated rings. The van der Waals surface area contributed by atoms with Gasteiger partial charge in [0.15, 0.2) is 0 Å². The van der Waals surface area contributed by atoms with Crippen molar-refractivity contribution in [3.8, 4) is 0 Å². The Morgan fingerprint density at radius 1 is 1.50 bits per heavy atom. The molecule has 0 radical (unpaired) electrons. The van der Waals surface area contributed by atoms with E-state index in [0.29, 0.717) is 38.6 Å². The van der Waals surface area contributed by atoms with Crippen molar-refractivity contribution >= 4 is 14.5 Å². The molecule has 0 spiro atoms. The molecule has 2 atom stereocenters. The number of rotatable bonds is 9. The molecule has 8 heteroatoms. The second kappa shape index (κ2) is 8.06. The number of carbonyl (C=O) groups is 1. The van der Waals surface area contributed by atoms with Gasteiger partial charge in [0.05, 0.1) is 12.7 Å². The van der Waals surface area contributed by atoms with Crippen LogP contribution in [0.5, 0.6) is 0 Å². The van der Waals surface area contributed by atoms with E-state index in [0.717, 1.165) is 6.42 Å². The topological polar surface area (TPSA) is 110 Å². The van der Waals surface area contributed by atoms with E-state index < -0.39 is 26.7 Å². The van der Waals surface area contributed by atoms with Crippen LogP contribution in [0.3, 0.4) is 0 Å². The number of carboxylic acid groups (broad SMARTS) is 1. The second-order valence-corrected chi connectivity index (χ2v) is 8.47. The Labute approximate surface area is 120 Å². The molecule has 0 aromatic heterocycles. The van der Waals surface area contributed by atoms with E-state index in [1.54, 1.807) is 4.90 Å². The Hall–Kier alpha value is -0.513. The molecule has 1 heterocycles. The number of carboxylic acids is 1. The lowest BCUT2D eigenvalue weighted by molar-refractivity contribution is -0.142. The molecule has 1 rings (SSSR count). The number of aliphatic hydroxyl groups is 1. The lowest BCUT2D eigenvalue weighted by Gasteiger charge is -2.24. The zero-order chi connectivity index (χ0) is 15.2. The Morgan fingerprint density at radius 3 is 2.80 bits per heavy atom. The highest BCUT2D eigenvalue weighted by atomic mass is 28.4. The molecule has 0 aliphatic carbocycles. The van der Waals surface area contributed by atoms with Crippen LogP contribution >= 0.6 is 0 Å². The summed E-state index contributed by atoms with van der Waals surface area (Å²) in [6, 6.07) is -0.156. The Bertz CT molecular complexity index is 309. The minimum atomic E-state index is -3.00. The van der Waals surface area contributed by atoms with Crippen LogP contribution < -0.4 is 0 Å². The third-order valence-electron chi connectivity index (χ3n) is 3.34. The maximum atomic E-state index is 11.0. The van der Waals surface area contributed by atoms with E-state index in [-0.39, 0.29) is 6.61 Å². The number of ether oxygens (including phenoxy) is 1. The summed E-state index contributed by atoms with van der Waals surface area (Å²) < 4.78 is 5.27. The van der Waals surface area contributed by atoms with E-state index in [2.05, 4.69) is 0 Å². The van der Waals surface area contributed by atoms with Gasteiger partial charge in [-0.25, -0.2) is 0 Å². The van der Waals surface area contributed by atoms with Gasteiger partial charge in [-0.3, -0.25) is 9.69 Å². The molecule has 20 heavy (non-hydrogen) atoms. The smallest absolute Gasteiger partial charge is 0.329 e. The molecule has 1 aliphatic heterocycles. The molecular weight excluding hydrogens is 282 g/mol. The Morgan fingerprint density at radius 2 is 2.20 bits per heavy atom. The average molecular weight is 307 g/mol. The summed E-state index contributed by atoms with van der Waals surface area (Å²) >= 11 is 0. The number of β-amino-alcohol motifs (C(OH)–C–C–N with tert-alkyl or cyclic N) is 1. The lowest BCUT2D eigenvalue weighted by Crippen LogP contribution is -2.41. The summed E-state index contributed by atoms with van der Waals surface area (Å²) in [6.45, 7) is 2.93. The highest BCUT2D eigenvalue weighted by Crippen LogP contribution is 2.17. The van der Waals surface area contributed by atoms with Crippen molar-refractivity contribution in [2.45, 2.75) is 44.0 Å². The molecule has 0 bridgehead atoms. The van der Waals surface area contributed by atoms with E-state index in [1.165, 1.54) is 6.55 Å². The fourth-order valence-electron chi connectivity index (χ4n) is 2.38. The van der Waals surface area contributed by atoms with Crippen molar-refractivity contribution in [3.63, 3.8) is 0 Å². The van der Waals surface area contributed by atoms with Crippen molar-refractivity contribution in [1.29, 1.82) is 0 Å². The molecule has 7 nitrogen and oxygen atoms in total. The maximum absolute atomic E-state index is 11.0. The normalized spacial score (nSPS) is 22.1. The van der Waals surface area contributed by atoms with Crippen LogP contribution in [0.15, 0.2) is 0 Å². The highest BCUT2D eigenvalue weighted by Gasteiger charge is 2.31. The number of hydrogen-bond acceptors (Lipinski definition) is 6. The summed E-state index contributed by atoms with van der Waals surface area (Å²) in [5.41, 5.74) is 0. The zero-order valence-electron chi connectivity index (χ0n) is 11.9. The summed E-state index contributed by atoms with van der Waals surface area (Å²) in [6.07, 6.45) is 1.28. The molecule has 118 valence electrons. The zero-order valence-corrected chi connectivity index (χ0v) is 12.9. The van der Waals surface area contributed by atoms with Crippen LogP contribution in [0.2, 0.25) is 12.6 Å². The fraction of sp³-hybridized carbons (Fsp3) is 0.917. The van der Waals surface area contributed by atoms with Gasteiger partial charge in [0.2, 0.25) is 0 Å². The Kier molecular flexibility index (Phi) is 7.07. The third kappa shape index (κ3) is 6.78. The number of aliphatic hydroxyl groups excluding tert-OH is 1. The van der Waals surface area contributed by atoms with Crippen LogP contribution in [-0.2, 0) is 9.53 Å². The number of likely N-dealkylation sites (tertiary alicyclic amines) is 1. The standard InChI is InChI=1S/C12H25NO6Si/c1-20(17,18)7-3-6-19-9-10(14)8-13-5-2-4-11(13)12(15)16/h10-11,14,17-18H,2-9H2,1H3,(H,15,16)/t10?,11-/m0/s1. The molecule has 1 unspecified atom stereocenters. The summed E-state index contributed by atoms with van der Waals surface area (Å²) in [5.74, 6) is -0.842. The SMILES string of the molecule is C[Si](O)(O)CCCOCC(O)CN1CCC[C@H]1C(=O)O. The first-order valence-corrected chi connectivity index (χ1v) is 9.57. The number of hydrogen-bond donors (Lipinski definition) is 4. The molecule has 0 amide bonds. The van der Waals surface area contributed by atoms with Gasteiger partial charge in [0.1, 0.15) is 6.04 Å². The highest BCUT2D eigenvalue weighted by molar-refractivity contribution is 6.63. The number of aliphatic carboxylic acids is 1. The van der Waals surface area contributed by atoms with Crippen molar-refractivity contribution in [3.05, 3.63) is 0 Å². The summed E-state index contributed by atoms with van der Waals surface area (Å²) in [4.78, 5) is 31.2. The van der Waals surface area contributed by atoms with Crippen LogP contribution in [0.25, 0.3) is 0 Å². The van der Waals surface area contributed by atoms with Crippen LogP contribution in [0.4, 0.5) is 0 Å². The van der Waals surface area contributed by atoms with Crippen LogP contribution in [-0.4, -0.2) is 77.7 Å². The molecule has 1 aliphatic rings. The third-order valence-corrected chi connectivity index (χ3v) is 4.64. The van der Waals surface area contributed by atoms with Crippen molar-refractivity contribution in [2.24, 2.45) is 0 Å². The van der Waals surface area contributed by atoms with Crippen LogP contribution in [0, 0.1) is 0 Å². The van der Waals surface area contributed by atoms with Gasteiger partial charge in [-0.05, 0) is 38.4 Å². The monoisotopic (exact) mass is 307 g/mol. The van der Waals surface area contributed by atoms with E-state index in [4.69, 9.17) is 9.84 Å². The summed E-state index contributed by atoms with van der Waals surface area (Å²) in [5, 5.41) is 18.8. The minimum absolute atomic E-state index is 0.137. The van der Waals surface area contributed by atoms with Gasteiger partial charge in [-0.1, -0.05) is 0 Å². The first-order valence-electron chi connectivity index (χ1n) is 6.97. The van der Waals surface area contributed by atoms with Gasteiger partial charge in [-0.2, -0.15) is 0 Å². The molecule has 0 aromatic rings. The fourth-order valence-corrected chi connectivity index (χ4v) is 3.19. The largest absolute Gasteiger partial charge is 0.480 e. The predicted molar refractivity (Wildman–Crippen MR) is 74.5 cm³/mol. The number of nitrogens with zero attached hydrogens (tertiary/aromatic N) is 1.